The molecule has 0 aliphatic heterocycles. The third-order valence-electron chi connectivity index (χ3n) is 4.93. The van der Waals surface area contributed by atoms with E-state index in [1.807, 2.05) is 0 Å². The number of nitrogens with zero attached hydrogens (tertiary/aromatic N) is 1. The third kappa shape index (κ3) is 2.12. The molecule has 0 radical (unpaired) electrons. The van der Waals surface area contributed by atoms with Crippen LogP contribution >= 0.6 is 0 Å². The van der Waals surface area contributed by atoms with E-state index in [1.165, 1.54) is 37.8 Å². The average Bonchev–Trinajstić information content (AvgIpc) is 3.01. The van der Waals surface area contributed by atoms with Crippen LogP contribution in [0.25, 0.3) is 0 Å². The first kappa shape index (κ1) is 11.2. The summed E-state index contributed by atoms with van der Waals surface area (Å²) in [6, 6.07) is 0. The SMILES string of the molecule is C[C@H]1CCC/C(=N\NC(=O)[C@@H]2CC23CCC3)C1. The van der Waals surface area contributed by atoms with Crippen LogP contribution < -0.4 is 5.43 Å². The van der Waals surface area contributed by atoms with Gasteiger partial charge in [-0.25, -0.2) is 5.43 Å². The van der Waals surface area contributed by atoms with Crippen molar-refractivity contribution in [3.05, 3.63) is 0 Å². The Morgan fingerprint density at radius 3 is 2.82 bits per heavy atom. The molecule has 0 unspecified atom stereocenters. The highest BCUT2D eigenvalue weighted by Gasteiger charge is 2.60. The zero-order valence-electron chi connectivity index (χ0n) is 10.7. The topological polar surface area (TPSA) is 41.5 Å². The summed E-state index contributed by atoms with van der Waals surface area (Å²) >= 11 is 0. The minimum absolute atomic E-state index is 0.176. The maximum Gasteiger partial charge on any atom is 0.243 e. The number of hydrogen-bond donors (Lipinski definition) is 1. The van der Waals surface area contributed by atoms with Crippen molar-refractivity contribution in [1.82, 2.24) is 5.43 Å². The predicted molar refractivity (Wildman–Crippen MR) is 67.6 cm³/mol. The lowest BCUT2D eigenvalue weighted by atomic mass is 9.80. The van der Waals surface area contributed by atoms with E-state index in [-0.39, 0.29) is 11.8 Å². The van der Waals surface area contributed by atoms with Gasteiger partial charge in [0.05, 0.1) is 0 Å². The van der Waals surface area contributed by atoms with Gasteiger partial charge in [-0.3, -0.25) is 4.79 Å². The van der Waals surface area contributed by atoms with E-state index >= 15 is 0 Å². The number of hydrogen-bond acceptors (Lipinski definition) is 2. The fourth-order valence-corrected chi connectivity index (χ4v) is 3.48. The van der Waals surface area contributed by atoms with Crippen LogP contribution in [0, 0.1) is 17.3 Å². The van der Waals surface area contributed by atoms with Crippen LogP contribution in [-0.4, -0.2) is 11.6 Å². The molecule has 3 aliphatic carbocycles. The van der Waals surface area contributed by atoms with E-state index < -0.39 is 0 Å². The van der Waals surface area contributed by atoms with Crippen LogP contribution in [0.4, 0.5) is 0 Å². The van der Waals surface area contributed by atoms with Gasteiger partial charge in [-0.05, 0) is 56.3 Å². The van der Waals surface area contributed by atoms with Crippen LogP contribution in [0.3, 0.4) is 0 Å². The molecular weight excluding hydrogens is 212 g/mol. The second-order valence-electron chi connectivity index (χ2n) is 6.33. The molecule has 3 saturated carbocycles. The molecule has 0 aromatic heterocycles. The molecule has 0 aromatic rings. The molecule has 94 valence electrons. The Morgan fingerprint density at radius 2 is 2.24 bits per heavy atom. The van der Waals surface area contributed by atoms with Gasteiger partial charge in [0.1, 0.15) is 0 Å². The largest absolute Gasteiger partial charge is 0.273 e. The molecule has 0 saturated heterocycles. The molecule has 3 fully saturated rings. The summed E-state index contributed by atoms with van der Waals surface area (Å²) in [6.07, 6.45) is 9.62. The van der Waals surface area contributed by atoms with Gasteiger partial charge in [0.15, 0.2) is 0 Å². The van der Waals surface area contributed by atoms with E-state index in [1.54, 1.807) is 0 Å². The van der Waals surface area contributed by atoms with Gasteiger partial charge < -0.3 is 0 Å². The van der Waals surface area contributed by atoms with Gasteiger partial charge >= 0.3 is 0 Å². The van der Waals surface area contributed by atoms with Crippen LogP contribution in [0.1, 0.15) is 58.3 Å². The molecule has 3 aliphatic rings. The standard InChI is InChI=1S/C14H22N2O/c1-10-4-2-5-11(8-10)15-16-13(17)12-9-14(12)6-3-7-14/h10,12H,2-9H2,1H3,(H,16,17)/b15-11+/t10-,12-/m0/s1. The minimum Gasteiger partial charge on any atom is -0.273 e. The zero-order valence-corrected chi connectivity index (χ0v) is 10.7. The summed E-state index contributed by atoms with van der Waals surface area (Å²) in [5.74, 6) is 1.19. The lowest BCUT2D eigenvalue weighted by Crippen LogP contribution is -2.27. The van der Waals surface area contributed by atoms with E-state index in [0.717, 1.165) is 25.2 Å². The summed E-state index contributed by atoms with van der Waals surface area (Å²) in [7, 11) is 0. The first-order valence-corrected chi connectivity index (χ1v) is 7.05. The predicted octanol–water partition coefficient (Wildman–Crippen LogP) is 2.86. The van der Waals surface area contributed by atoms with E-state index in [4.69, 9.17) is 0 Å². The Morgan fingerprint density at radius 1 is 1.41 bits per heavy atom. The van der Waals surface area contributed by atoms with Crippen molar-refractivity contribution in [1.29, 1.82) is 0 Å². The first-order valence-electron chi connectivity index (χ1n) is 7.05. The van der Waals surface area contributed by atoms with Gasteiger partial charge in [-0.2, -0.15) is 5.10 Å². The van der Waals surface area contributed by atoms with Crippen LogP contribution in [0.15, 0.2) is 5.10 Å². The van der Waals surface area contributed by atoms with Gasteiger partial charge in [0.2, 0.25) is 5.91 Å². The highest BCUT2D eigenvalue weighted by atomic mass is 16.2. The van der Waals surface area contributed by atoms with Crippen LogP contribution in [0.5, 0.6) is 0 Å². The number of nitrogens with one attached hydrogen (secondary N) is 1. The summed E-state index contributed by atoms with van der Waals surface area (Å²) in [4.78, 5) is 11.9. The van der Waals surface area contributed by atoms with Gasteiger partial charge in [-0.1, -0.05) is 13.3 Å². The van der Waals surface area contributed by atoms with Crippen LogP contribution in [-0.2, 0) is 4.79 Å². The van der Waals surface area contributed by atoms with Crippen molar-refractivity contribution in [2.75, 3.05) is 0 Å². The molecule has 1 N–H and O–H groups in total. The van der Waals surface area contributed by atoms with Gasteiger partial charge in [0.25, 0.3) is 0 Å². The Bertz CT molecular complexity index is 357. The maximum absolute atomic E-state index is 11.9. The molecule has 1 amide bonds. The van der Waals surface area contributed by atoms with Crippen molar-refractivity contribution < 1.29 is 4.79 Å². The molecule has 0 aromatic carbocycles. The first-order chi connectivity index (χ1) is 8.20. The number of amides is 1. The van der Waals surface area contributed by atoms with Crippen LogP contribution in [0.2, 0.25) is 0 Å². The number of hydrazone groups is 1. The molecule has 3 nitrogen and oxygen atoms in total. The maximum atomic E-state index is 11.9. The summed E-state index contributed by atoms with van der Waals surface area (Å²) in [6.45, 7) is 2.26. The van der Waals surface area contributed by atoms with Crippen molar-refractivity contribution >= 4 is 11.6 Å². The number of rotatable bonds is 2. The zero-order chi connectivity index (χ0) is 11.9. The summed E-state index contributed by atoms with van der Waals surface area (Å²) in [5.41, 5.74) is 4.42. The average molecular weight is 234 g/mol. The molecule has 17 heavy (non-hydrogen) atoms. The van der Waals surface area contributed by atoms with Gasteiger partial charge in [-0.15, -0.1) is 0 Å². The fraction of sp³-hybridized carbons (Fsp3) is 0.857. The number of carbonyl (C=O) groups is 1. The van der Waals surface area contributed by atoms with E-state index in [9.17, 15) is 4.79 Å². The number of carbonyl (C=O) groups excluding carboxylic acids is 1. The molecule has 3 heteroatoms. The lowest BCUT2D eigenvalue weighted by Gasteiger charge is -2.26. The summed E-state index contributed by atoms with van der Waals surface area (Å²) in [5, 5.41) is 4.34. The van der Waals surface area contributed by atoms with Crippen molar-refractivity contribution in [2.24, 2.45) is 22.4 Å². The van der Waals surface area contributed by atoms with Gasteiger partial charge in [0, 0.05) is 11.6 Å². The fourth-order valence-electron chi connectivity index (χ4n) is 3.48. The second-order valence-corrected chi connectivity index (χ2v) is 6.33. The quantitative estimate of drug-likeness (QED) is 0.733. The summed E-state index contributed by atoms with van der Waals surface area (Å²) < 4.78 is 0. The van der Waals surface area contributed by atoms with Crippen molar-refractivity contribution in [3.8, 4) is 0 Å². The molecular formula is C14H22N2O. The van der Waals surface area contributed by atoms with E-state index in [2.05, 4.69) is 17.5 Å². The normalized spacial score (nSPS) is 36.6. The smallest absolute Gasteiger partial charge is 0.243 e. The molecule has 1 spiro atoms. The van der Waals surface area contributed by atoms with E-state index in [0.29, 0.717) is 5.41 Å². The second kappa shape index (κ2) is 4.11. The molecule has 2 atom stereocenters. The minimum atomic E-state index is 0.176. The molecule has 0 heterocycles. The van der Waals surface area contributed by atoms with Crippen molar-refractivity contribution in [3.63, 3.8) is 0 Å². The highest BCUT2D eigenvalue weighted by molar-refractivity contribution is 5.88. The highest BCUT2D eigenvalue weighted by Crippen LogP contribution is 2.65. The van der Waals surface area contributed by atoms with Crippen molar-refractivity contribution in [2.45, 2.75) is 58.3 Å². The Balaban J connectivity index is 1.50. The Hall–Kier alpha value is -0.860. The lowest BCUT2D eigenvalue weighted by molar-refractivity contribution is -0.123. The molecule has 3 rings (SSSR count). The molecule has 0 bridgehead atoms. The third-order valence-corrected chi connectivity index (χ3v) is 4.93. The Kier molecular flexibility index (Phi) is 2.72. The Labute approximate surface area is 103 Å². The monoisotopic (exact) mass is 234 g/mol.